The number of nitrogens with one attached hydrogen (secondary N) is 1. The van der Waals surface area contributed by atoms with E-state index in [4.69, 9.17) is 4.74 Å². The SMILES string of the molecule is CCOC(=O)NC(C)CCSCC. The first-order valence-electron chi connectivity index (χ1n) is 4.71. The molecule has 0 bridgehead atoms. The summed E-state index contributed by atoms with van der Waals surface area (Å²) in [5, 5.41) is 2.77. The molecule has 13 heavy (non-hydrogen) atoms. The first kappa shape index (κ1) is 12.6. The Balaban J connectivity index is 3.38. The fourth-order valence-electron chi connectivity index (χ4n) is 0.851. The number of hydrogen-bond donors (Lipinski definition) is 1. The van der Waals surface area contributed by atoms with E-state index in [9.17, 15) is 4.79 Å². The lowest BCUT2D eigenvalue weighted by Gasteiger charge is -2.12. The second-order valence-electron chi connectivity index (χ2n) is 2.75. The van der Waals surface area contributed by atoms with Crippen LogP contribution in [0.1, 0.15) is 27.2 Å². The summed E-state index contributed by atoms with van der Waals surface area (Å²) in [4.78, 5) is 10.9. The number of alkyl carbamates (subject to hydrolysis) is 1. The number of hydrogen-bond acceptors (Lipinski definition) is 3. The average Bonchev–Trinajstić information content (AvgIpc) is 2.05. The van der Waals surface area contributed by atoms with Gasteiger partial charge in [-0.15, -0.1) is 0 Å². The van der Waals surface area contributed by atoms with Crippen molar-refractivity contribution < 1.29 is 9.53 Å². The van der Waals surface area contributed by atoms with Crippen molar-refractivity contribution in [2.24, 2.45) is 0 Å². The van der Waals surface area contributed by atoms with E-state index in [0.29, 0.717) is 6.61 Å². The smallest absolute Gasteiger partial charge is 0.407 e. The quantitative estimate of drug-likeness (QED) is 0.676. The number of carbonyl (C=O) groups is 1. The van der Waals surface area contributed by atoms with Gasteiger partial charge in [0.2, 0.25) is 0 Å². The molecule has 0 saturated carbocycles. The van der Waals surface area contributed by atoms with Gasteiger partial charge in [-0.3, -0.25) is 0 Å². The lowest BCUT2D eigenvalue weighted by atomic mass is 10.3. The monoisotopic (exact) mass is 205 g/mol. The zero-order valence-electron chi connectivity index (χ0n) is 8.63. The van der Waals surface area contributed by atoms with Crippen LogP contribution in [0.5, 0.6) is 0 Å². The normalized spacial score (nSPS) is 12.2. The Bertz CT molecular complexity index is 142. The summed E-state index contributed by atoms with van der Waals surface area (Å²) in [5.41, 5.74) is 0. The third kappa shape index (κ3) is 7.96. The van der Waals surface area contributed by atoms with Gasteiger partial charge < -0.3 is 10.1 Å². The van der Waals surface area contributed by atoms with E-state index in [1.54, 1.807) is 6.92 Å². The predicted molar refractivity (Wildman–Crippen MR) is 57.2 cm³/mol. The Kier molecular flexibility index (Phi) is 7.99. The summed E-state index contributed by atoms with van der Waals surface area (Å²) < 4.78 is 4.76. The van der Waals surface area contributed by atoms with Gasteiger partial charge in [-0.25, -0.2) is 4.79 Å². The summed E-state index contributed by atoms with van der Waals surface area (Å²) in [7, 11) is 0. The van der Waals surface area contributed by atoms with Crippen molar-refractivity contribution in [3.05, 3.63) is 0 Å². The van der Waals surface area contributed by atoms with Crippen LogP contribution in [0.15, 0.2) is 0 Å². The summed E-state index contributed by atoms with van der Waals surface area (Å²) >= 11 is 1.88. The Labute approximate surface area is 84.6 Å². The molecule has 4 heteroatoms. The Morgan fingerprint density at radius 2 is 2.23 bits per heavy atom. The lowest BCUT2D eigenvalue weighted by Crippen LogP contribution is -2.33. The Morgan fingerprint density at radius 1 is 1.54 bits per heavy atom. The molecule has 0 radical (unpaired) electrons. The molecule has 0 aromatic rings. The molecule has 0 saturated heterocycles. The van der Waals surface area contributed by atoms with Gasteiger partial charge in [0.05, 0.1) is 6.61 Å². The van der Waals surface area contributed by atoms with E-state index >= 15 is 0 Å². The highest BCUT2D eigenvalue weighted by Crippen LogP contribution is 2.03. The predicted octanol–water partition coefficient (Wildman–Crippen LogP) is 2.26. The molecular formula is C9H19NO2S. The maximum atomic E-state index is 10.9. The van der Waals surface area contributed by atoms with E-state index in [2.05, 4.69) is 12.2 Å². The topological polar surface area (TPSA) is 38.3 Å². The van der Waals surface area contributed by atoms with Crippen LogP contribution in [0, 0.1) is 0 Å². The van der Waals surface area contributed by atoms with Crippen LogP contribution in [0.4, 0.5) is 4.79 Å². The standard InChI is InChI=1S/C9H19NO2S/c1-4-12-9(11)10-8(3)6-7-13-5-2/h8H,4-7H2,1-3H3,(H,10,11). The highest BCUT2D eigenvalue weighted by molar-refractivity contribution is 7.99. The van der Waals surface area contributed by atoms with Crippen LogP contribution in [-0.2, 0) is 4.74 Å². The van der Waals surface area contributed by atoms with E-state index < -0.39 is 0 Å². The number of ether oxygens (including phenoxy) is 1. The van der Waals surface area contributed by atoms with Crippen molar-refractivity contribution in [1.29, 1.82) is 0 Å². The van der Waals surface area contributed by atoms with E-state index in [1.807, 2.05) is 18.7 Å². The minimum Gasteiger partial charge on any atom is -0.450 e. The molecule has 1 amide bonds. The Morgan fingerprint density at radius 3 is 2.77 bits per heavy atom. The summed E-state index contributed by atoms with van der Waals surface area (Å²) in [5.74, 6) is 2.22. The molecule has 0 aliphatic rings. The first-order chi connectivity index (χ1) is 6.20. The van der Waals surface area contributed by atoms with Crippen molar-refractivity contribution in [3.8, 4) is 0 Å². The molecule has 0 heterocycles. The Hall–Kier alpha value is -0.380. The number of carbonyl (C=O) groups excluding carboxylic acids is 1. The maximum absolute atomic E-state index is 10.9. The second kappa shape index (κ2) is 8.23. The first-order valence-corrected chi connectivity index (χ1v) is 5.87. The number of amides is 1. The molecule has 1 N–H and O–H groups in total. The molecule has 0 aromatic heterocycles. The second-order valence-corrected chi connectivity index (χ2v) is 4.15. The molecular weight excluding hydrogens is 186 g/mol. The highest BCUT2D eigenvalue weighted by Gasteiger charge is 2.06. The van der Waals surface area contributed by atoms with Gasteiger partial charge >= 0.3 is 6.09 Å². The number of rotatable bonds is 6. The van der Waals surface area contributed by atoms with E-state index in [0.717, 1.165) is 17.9 Å². The van der Waals surface area contributed by atoms with E-state index in [1.165, 1.54) is 0 Å². The zero-order valence-corrected chi connectivity index (χ0v) is 9.45. The largest absolute Gasteiger partial charge is 0.450 e. The van der Waals surface area contributed by atoms with Gasteiger partial charge in [0, 0.05) is 6.04 Å². The van der Waals surface area contributed by atoms with Crippen LogP contribution in [-0.4, -0.2) is 30.2 Å². The maximum Gasteiger partial charge on any atom is 0.407 e. The van der Waals surface area contributed by atoms with Gasteiger partial charge in [-0.1, -0.05) is 6.92 Å². The molecule has 0 rings (SSSR count). The van der Waals surface area contributed by atoms with Crippen LogP contribution >= 0.6 is 11.8 Å². The lowest BCUT2D eigenvalue weighted by molar-refractivity contribution is 0.148. The molecule has 0 aromatic carbocycles. The fourth-order valence-corrected chi connectivity index (χ4v) is 1.66. The van der Waals surface area contributed by atoms with Crippen molar-refractivity contribution in [2.45, 2.75) is 33.2 Å². The van der Waals surface area contributed by atoms with Gasteiger partial charge in [-0.05, 0) is 31.8 Å². The van der Waals surface area contributed by atoms with Crippen LogP contribution in [0.25, 0.3) is 0 Å². The van der Waals surface area contributed by atoms with E-state index in [-0.39, 0.29) is 12.1 Å². The summed E-state index contributed by atoms with van der Waals surface area (Å²) in [6.07, 6.45) is 0.689. The van der Waals surface area contributed by atoms with Crippen molar-refractivity contribution in [3.63, 3.8) is 0 Å². The van der Waals surface area contributed by atoms with Crippen LogP contribution in [0.3, 0.4) is 0 Å². The van der Waals surface area contributed by atoms with Crippen molar-refractivity contribution in [1.82, 2.24) is 5.32 Å². The third-order valence-corrected chi connectivity index (χ3v) is 2.47. The fraction of sp³-hybridized carbons (Fsp3) is 0.889. The van der Waals surface area contributed by atoms with Crippen LogP contribution < -0.4 is 5.32 Å². The third-order valence-electron chi connectivity index (χ3n) is 1.54. The number of thioether (sulfide) groups is 1. The van der Waals surface area contributed by atoms with Gasteiger partial charge in [0.25, 0.3) is 0 Å². The molecule has 0 aliphatic carbocycles. The molecule has 0 spiro atoms. The summed E-state index contributed by atoms with van der Waals surface area (Å²) in [6.45, 7) is 6.36. The van der Waals surface area contributed by atoms with Gasteiger partial charge in [0.15, 0.2) is 0 Å². The molecule has 0 aliphatic heterocycles. The zero-order chi connectivity index (χ0) is 10.1. The minimum atomic E-state index is -0.309. The van der Waals surface area contributed by atoms with Crippen molar-refractivity contribution in [2.75, 3.05) is 18.1 Å². The molecule has 3 nitrogen and oxygen atoms in total. The molecule has 0 fully saturated rings. The van der Waals surface area contributed by atoms with Crippen molar-refractivity contribution >= 4 is 17.9 Å². The molecule has 78 valence electrons. The van der Waals surface area contributed by atoms with Crippen LogP contribution in [0.2, 0.25) is 0 Å². The summed E-state index contributed by atoms with van der Waals surface area (Å²) in [6, 6.07) is 0.207. The highest BCUT2D eigenvalue weighted by atomic mass is 32.2. The van der Waals surface area contributed by atoms with Gasteiger partial charge in [-0.2, -0.15) is 11.8 Å². The minimum absolute atomic E-state index is 0.207. The molecule has 1 atom stereocenters. The molecule has 1 unspecified atom stereocenters. The van der Waals surface area contributed by atoms with Gasteiger partial charge in [0.1, 0.15) is 0 Å². The average molecular weight is 205 g/mol.